The van der Waals surface area contributed by atoms with Gasteiger partial charge in [-0.05, 0) is 35.9 Å². The van der Waals surface area contributed by atoms with Crippen molar-refractivity contribution in [3.8, 4) is 11.5 Å². The fourth-order valence-corrected chi connectivity index (χ4v) is 2.40. The van der Waals surface area contributed by atoms with Crippen molar-refractivity contribution in [2.75, 3.05) is 0 Å². The third-order valence-electron chi connectivity index (χ3n) is 3.12. The molecule has 19 heavy (non-hydrogen) atoms. The predicted octanol–water partition coefficient (Wildman–Crippen LogP) is 3.75. The molecule has 4 heteroatoms. The van der Waals surface area contributed by atoms with Gasteiger partial charge < -0.3 is 9.84 Å². The molecule has 3 rings (SSSR count). The first-order chi connectivity index (χ1) is 9.13. The van der Waals surface area contributed by atoms with Gasteiger partial charge in [0.15, 0.2) is 5.78 Å². The van der Waals surface area contributed by atoms with Gasteiger partial charge in [-0.2, -0.15) is 0 Å². The molecule has 0 aliphatic carbocycles. The Bertz CT molecular complexity index is 652. The third kappa shape index (κ3) is 2.29. The number of carbonyl (C=O) groups excluding carboxylic acids is 1. The maximum atomic E-state index is 12.1. The number of benzene rings is 2. The van der Waals surface area contributed by atoms with Crippen LogP contribution < -0.4 is 4.74 Å². The van der Waals surface area contributed by atoms with Gasteiger partial charge in [-0.1, -0.05) is 23.7 Å². The molecule has 0 aromatic heterocycles. The van der Waals surface area contributed by atoms with Gasteiger partial charge in [-0.15, -0.1) is 0 Å². The van der Waals surface area contributed by atoms with E-state index in [0.717, 1.165) is 5.56 Å². The van der Waals surface area contributed by atoms with E-state index in [9.17, 15) is 9.90 Å². The van der Waals surface area contributed by atoms with E-state index in [4.69, 9.17) is 16.3 Å². The molecule has 0 radical (unpaired) electrons. The first-order valence-electron chi connectivity index (χ1n) is 5.92. The number of carbonyl (C=O) groups is 1. The fourth-order valence-electron chi connectivity index (χ4n) is 2.20. The quantitative estimate of drug-likeness (QED) is 0.861. The van der Waals surface area contributed by atoms with E-state index in [1.807, 2.05) is 12.1 Å². The van der Waals surface area contributed by atoms with Gasteiger partial charge in [-0.25, -0.2) is 0 Å². The zero-order valence-electron chi connectivity index (χ0n) is 9.97. The number of ether oxygens (including phenoxy) is 1. The van der Waals surface area contributed by atoms with Crippen LogP contribution >= 0.6 is 11.6 Å². The predicted molar refractivity (Wildman–Crippen MR) is 71.9 cm³/mol. The first-order valence-corrected chi connectivity index (χ1v) is 6.29. The molecule has 96 valence electrons. The summed E-state index contributed by atoms with van der Waals surface area (Å²) in [6, 6.07) is 11.8. The minimum Gasteiger partial charge on any atom is -0.508 e. The normalized spacial score (nSPS) is 17.7. The summed E-state index contributed by atoms with van der Waals surface area (Å²) in [5, 5.41) is 10.0. The number of aromatic hydroxyl groups is 1. The van der Waals surface area contributed by atoms with Gasteiger partial charge >= 0.3 is 0 Å². The Morgan fingerprint density at radius 1 is 1.21 bits per heavy atom. The fraction of sp³-hybridized carbons (Fsp3) is 0.133. The highest BCUT2D eigenvalue weighted by Crippen LogP contribution is 2.36. The van der Waals surface area contributed by atoms with E-state index in [0.29, 0.717) is 16.3 Å². The van der Waals surface area contributed by atoms with Crippen LogP contribution in [0.3, 0.4) is 0 Å². The summed E-state index contributed by atoms with van der Waals surface area (Å²) in [5.74, 6) is 0.526. The van der Waals surface area contributed by atoms with Crippen LogP contribution in [-0.2, 0) is 0 Å². The van der Waals surface area contributed by atoms with Crippen LogP contribution in [0.1, 0.15) is 28.4 Å². The van der Waals surface area contributed by atoms with Crippen molar-refractivity contribution in [2.45, 2.75) is 12.5 Å². The molecule has 1 aliphatic rings. The van der Waals surface area contributed by atoms with Gasteiger partial charge in [0.2, 0.25) is 0 Å². The Balaban J connectivity index is 1.97. The van der Waals surface area contributed by atoms with Crippen molar-refractivity contribution < 1.29 is 14.6 Å². The van der Waals surface area contributed by atoms with E-state index in [2.05, 4.69) is 0 Å². The third-order valence-corrected chi connectivity index (χ3v) is 3.36. The Morgan fingerprint density at radius 3 is 2.84 bits per heavy atom. The van der Waals surface area contributed by atoms with Crippen LogP contribution in [0.4, 0.5) is 0 Å². The van der Waals surface area contributed by atoms with E-state index in [1.165, 1.54) is 12.1 Å². The number of rotatable bonds is 1. The molecular formula is C15H11ClO3. The minimum absolute atomic E-state index is 0.0397. The maximum absolute atomic E-state index is 12.1. The maximum Gasteiger partial charge on any atom is 0.170 e. The smallest absolute Gasteiger partial charge is 0.170 e. The van der Waals surface area contributed by atoms with Gasteiger partial charge in [-0.3, -0.25) is 4.79 Å². The molecule has 0 bridgehead atoms. The molecule has 3 nitrogen and oxygen atoms in total. The second kappa shape index (κ2) is 4.59. The molecule has 0 fully saturated rings. The highest BCUT2D eigenvalue weighted by Gasteiger charge is 2.27. The van der Waals surface area contributed by atoms with E-state index in [-0.39, 0.29) is 24.1 Å². The van der Waals surface area contributed by atoms with Crippen LogP contribution in [0.25, 0.3) is 0 Å². The van der Waals surface area contributed by atoms with Crippen LogP contribution in [0.5, 0.6) is 11.5 Å². The molecule has 0 saturated carbocycles. The van der Waals surface area contributed by atoms with Crippen LogP contribution in [0, 0.1) is 0 Å². The summed E-state index contributed by atoms with van der Waals surface area (Å²) in [4.78, 5) is 12.1. The molecule has 1 unspecified atom stereocenters. The van der Waals surface area contributed by atoms with Crippen molar-refractivity contribution in [1.29, 1.82) is 0 Å². The summed E-state index contributed by atoms with van der Waals surface area (Å²) in [7, 11) is 0. The molecule has 0 amide bonds. The number of fused-ring (bicyclic) bond motifs is 1. The summed E-state index contributed by atoms with van der Waals surface area (Å²) in [6.45, 7) is 0. The molecule has 1 atom stereocenters. The topological polar surface area (TPSA) is 46.5 Å². The number of halogens is 1. The SMILES string of the molecule is O=C1CC(c2cccc(Cl)c2)Oc2ccc(O)cc21. The summed E-state index contributed by atoms with van der Waals surface area (Å²) < 4.78 is 5.81. The average Bonchev–Trinajstić information content (AvgIpc) is 2.39. The largest absolute Gasteiger partial charge is 0.508 e. The van der Waals surface area contributed by atoms with E-state index >= 15 is 0 Å². The Hall–Kier alpha value is -2.00. The van der Waals surface area contributed by atoms with Gasteiger partial charge in [0.1, 0.15) is 17.6 Å². The zero-order chi connectivity index (χ0) is 13.4. The highest BCUT2D eigenvalue weighted by atomic mass is 35.5. The number of ketones is 1. The Morgan fingerprint density at radius 2 is 2.05 bits per heavy atom. The van der Waals surface area contributed by atoms with Crippen molar-refractivity contribution in [2.24, 2.45) is 0 Å². The lowest BCUT2D eigenvalue weighted by Gasteiger charge is -2.25. The van der Waals surface area contributed by atoms with E-state index in [1.54, 1.807) is 18.2 Å². The number of phenols is 1. The number of phenolic OH excluding ortho intramolecular Hbond substituents is 1. The lowest BCUT2D eigenvalue weighted by molar-refractivity contribution is 0.0849. The van der Waals surface area contributed by atoms with Crippen LogP contribution in [0.2, 0.25) is 5.02 Å². The highest BCUT2D eigenvalue weighted by molar-refractivity contribution is 6.30. The Labute approximate surface area is 115 Å². The van der Waals surface area contributed by atoms with Crippen molar-refractivity contribution in [3.63, 3.8) is 0 Å². The average molecular weight is 275 g/mol. The van der Waals surface area contributed by atoms with Crippen molar-refractivity contribution in [3.05, 3.63) is 58.6 Å². The van der Waals surface area contributed by atoms with Crippen LogP contribution in [-0.4, -0.2) is 10.9 Å². The standard InChI is InChI=1S/C15H11ClO3/c16-10-3-1-2-9(6-10)15-8-13(18)12-7-11(17)4-5-14(12)19-15/h1-7,15,17H,8H2. The molecule has 0 spiro atoms. The van der Waals surface area contributed by atoms with Crippen molar-refractivity contribution in [1.82, 2.24) is 0 Å². The molecule has 2 aromatic carbocycles. The molecule has 2 aromatic rings. The van der Waals surface area contributed by atoms with E-state index < -0.39 is 0 Å². The summed E-state index contributed by atoms with van der Waals surface area (Å²) in [6.07, 6.45) is -0.0835. The molecule has 1 aliphatic heterocycles. The lowest BCUT2D eigenvalue weighted by atomic mass is 9.96. The zero-order valence-corrected chi connectivity index (χ0v) is 10.7. The molecule has 1 heterocycles. The second-order valence-corrected chi connectivity index (χ2v) is 4.91. The summed E-state index contributed by atoms with van der Waals surface area (Å²) in [5.41, 5.74) is 1.30. The molecule has 0 saturated heterocycles. The monoisotopic (exact) mass is 274 g/mol. The molecule has 1 N–H and O–H groups in total. The van der Waals surface area contributed by atoms with Gasteiger partial charge in [0, 0.05) is 5.02 Å². The second-order valence-electron chi connectivity index (χ2n) is 4.47. The summed E-state index contributed by atoms with van der Waals surface area (Å²) >= 11 is 5.95. The van der Waals surface area contributed by atoms with Gasteiger partial charge in [0.05, 0.1) is 12.0 Å². The lowest BCUT2D eigenvalue weighted by Crippen LogP contribution is -2.20. The number of hydrogen-bond acceptors (Lipinski definition) is 3. The van der Waals surface area contributed by atoms with Crippen LogP contribution in [0.15, 0.2) is 42.5 Å². The number of Topliss-reactive ketones (excluding diaryl/α,β-unsaturated/α-hetero) is 1. The minimum atomic E-state index is -0.330. The first kappa shape index (κ1) is 12.1. The molecular weight excluding hydrogens is 264 g/mol. The van der Waals surface area contributed by atoms with Crippen molar-refractivity contribution >= 4 is 17.4 Å². The Kier molecular flexibility index (Phi) is 2.91. The number of hydrogen-bond donors (Lipinski definition) is 1. The van der Waals surface area contributed by atoms with Gasteiger partial charge in [0.25, 0.3) is 0 Å².